The van der Waals surface area contributed by atoms with Crippen LogP contribution in [0.25, 0.3) is 22.3 Å². The summed E-state index contributed by atoms with van der Waals surface area (Å²) in [5, 5.41) is 0. The van der Waals surface area contributed by atoms with E-state index < -0.39 is 52.1 Å². The largest absolute Gasteiger partial charge is 0.204 e. The van der Waals surface area contributed by atoms with Crippen LogP contribution in [0.1, 0.15) is 0 Å². The molecule has 3 aromatic rings. The van der Waals surface area contributed by atoms with Gasteiger partial charge in [0, 0.05) is 5.56 Å². The Hall–Kier alpha value is -2.90. The molecule has 0 aliphatic rings. The van der Waals surface area contributed by atoms with Crippen LogP contribution in [0.2, 0.25) is 0 Å². The summed E-state index contributed by atoms with van der Waals surface area (Å²) >= 11 is 0. The summed E-state index contributed by atoms with van der Waals surface area (Å²) < 4.78 is 107. The lowest BCUT2D eigenvalue weighted by Gasteiger charge is -2.10. The van der Waals surface area contributed by atoms with Gasteiger partial charge in [-0.15, -0.1) is 0 Å². The monoisotopic (exact) mass is 374 g/mol. The van der Waals surface area contributed by atoms with Crippen LogP contribution in [0.5, 0.6) is 0 Å². The summed E-state index contributed by atoms with van der Waals surface area (Å²) in [4.78, 5) is 0. The Kier molecular flexibility index (Phi) is 4.43. The van der Waals surface area contributed by atoms with Crippen molar-refractivity contribution in [2.75, 3.05) is 0 Å². The molecular weight excluding hydrogens is 368 g/mol. The lowest BCUT2D eigenvalue weighted by molar-refractivity contribution is 0.381. The molecule has 3 aromatic carbocycles. The van der Waals surface area contributed by atoms with Crippen molar-refractivity contribution in [2.45, 2.75) is 0 Å². The van der Waals surface area contributed by atoms with Crippen LogP contribution >= 0.6 is 0 Å². The number of rotatable bonds is 2. The van der Waals surface area contributed by atoms with Crippen LogP contribution in [-0.4, -0.2) is 0 Å². The van der Waals surface area contributed by atoms with Gasteiger partial charge in [-0.3, -0.25) is 0 Å². The summed E-state index contributed by atoms with van der Waals surface area (Å²) in [6, 6.07) is 5.71. The highest BCUT2D eigenvalue weighted by Gasteiger charge is 2.26. The average Bonchev–Trinajstić information content (AvgIpc) is 2.64. The molecule has 0 atom stereocenters. The molecule has 0 saturated heterocycles. The molecule has 0 aromatic heterocycles. The van der Waals surface area contributed by atoms with Crippen molar-refractivity contribution >= 4 is 0 Å². The zero-order chi connectivity index (χ0) is 19.2. The smallest absolute Gasteiger partial charge is 0.200 e. The Labute approximate surface area is 141 Å². The van der Waals surface area contributed by atoms with E-state index in [1.54, 1.807) is 0 Å². The van der Waals surface area contributed by atoms with Crippen LogP contribution in [0.3, 0.4) is 0 Å². The molecular formula is C18H6F8. The SMILES string of the molecule is Fc1ccc(-c2ccc(-c3c(F)c(F)c(F)c(F)c3F)cc2)c(F)c1F. The maximum atomic E-state index is 13.8. The molecule has 0 radical (unpaired) electrons. The maximum Gasteiger partial charge on any atom is 0.200 e. The number of hydrogen-bond donors (Lipinski definition) is 0. The van der Waals surface area contributed by atoms with Crippen LogP contribution in [0, 0.1) is 46.5 Å². The van der Waals surface area contributed by atoms with Gasteiger partial charge in [0.1, 0.15) is 0 Å². The molecule has 0 spiro atoms. The topological polar surface area (TPSA) is 0 Å². The first-order valence-electron chi connectivity index (χ1n) is 6.99. The highest BCUT2D eigenvalue weighted by Crippen LogP contribution is 2.33. The van der Waals surface area contributed by atoms with E-state index in [4.69, 9.17) is 0 Å². The van der Waals surface area contributed by atoms with Crippen molar-refractivity contribution in [2.24, 2.45) is 0 Å². The molecule has 0 nitrogen and oxygen atoms in total. The fourth-order valence-corrected chi connectivity index (χ4v) is 2.42. The Morgan fingerprint density at radius 3 is 1.38 bits per heavy atom. The molecule has 134 valence electrons. The van der Waals surface area contributed by atoms with Gasteiger partial charge in [0.25, 0.3) is 0 Å². The molecule has 0 unspecified atom stereocenters. The van der Waals surface area contributed by atoms with Crippen LogP contribution in [0.4, 0.5) is 35.1 Å². The van der Waals surface area contributed by atoms with Crippen LogP contribution in [0.15, 0.2) is 36.4 Å². The first-order chi connectivity index (χ1) is 12.2. The van der Waals surface area contributed by atoms with Crippen molar-refractivity contribution in [3.63, 3.8) is 0 Å². The Morgan fingerprint density at radius 1 is 0.385 bits per heavy atom. The summed E-state index contributed by atoms with van der Waals surface area (Å²) in [5.74, 6) is -15.1. The zero-order valence-corrected chi connectivity index (χ0v) is 12.5. The minimum Gasteiger partial charge on any atom is -0.204 e. The van der Waals surface area contributed by atoms with Gasteiger partial charge in [-0.2, -0.15) is 0 Å². The van der Waals surface area contributed by atoms with E-state index in [9.17, 15) is 35.1 Å². The minimum atomic E-state index is -2.29. The van der Waals surface area contributed by atoms with E-state index in [0.717, 1.165) is 30.3 Å². The van der Waals surface area contributed by atoms with Gasteiger partial charge in [-0.05, 0) is 23.3 Å². The Bertz CT molecular complexity index is 980. The van der Waals surface area contributed by atoms with Gasteiger partial charge in [0.15, 0.2) is 40.7 Å². The van der Waals surface area contributed by atoms with E-state index in [2.05, 4.69) is 0 Å². The second-order valence-corrected chi connectivity index (χ2v) is 5.25. The summed E-state index contributed by atoms with van der Waals surface area (Å²) in [7, 11) is 0. The molecule has 0 bridgehead atoms. The van der Waals surface area contributed by atoms with E-state index in [-0.39, 0.29) is 16.7 Å². The van der Waals surface area contributed by atoms with Crippen molar-refractivity contribution in [3.8, 4) is 22.3 Å². The molecule has 8 heteroatoms. The van der Waals surface area contributed by atoms with E-state index >= 15 is 0 Å². The number of hydrogen-bond acceptors (Lipinski definition) is 0. The molecule has 3 rings (SSSR count). The third-order valence-electron chi connectivity index (χ3n) is 3.73. The van der Waals surface area contributed by atoms with E-state index in [1.165, 1.54) is 0 Å². The summed E-state index contributed by atoms with van der Waals surface area (Å²) in [6.45, 7) is 0. The highest BCUT2D eigenvalue weighted by molar-refractivity contribution is 5.71. The zero-order valence-electron chi connectivity index (χ0n) is 12.5. The van der Waals surface area contributed by atoms with Gasteiger partial charge >= 0.3 is 0 Å². The number of benzene rings is 3. The molecule has 0 heterocycles. The molecule has 0 amide bonds. The van der Waals surface area contributed by atoms with Gasteiger partial charge in [0.2, 0.25) is 5.82 Å². The Balaban J connectivity index is 2.12. The summed E-state index contributed by atoms with van der Waals surface area (Å²) in [6.07, 6.45) is 0. The molecule has 0 N–H and O–H groups in total. The van der Waals surface area contributed by atoms with E-state index in [0.29, 0.717) is 6.07 Å². The first-order valence-corrected chi connectivity index (χ1v) is 6.99. The lowest BCUT2D eigenvalue weighted by atomic mass is 9.98. The normalized spacial score (nSPS) is 11.1. The lowest BCUT2D eigenvalue weighted by Crippen LogP contribution is -2.04. The van der Waals surface area contributed by atoms with Crippen LogP contribution in [-0.2, 0) is 0 Å². The predicted octanol–water partition coefficient (Wildman–Crippen LogP) is 6.13. The highest BCUT2D eigenvalue weighted by atomic mass is 19.2. The van der Waals surface area contributed by atoms with Gasteiger partial charge < -0.3 is 0 Å². The molecule has 0 aliphatic carbocycles. The van der Waals surface area contributed by atoms with E-state index in [1.807, 2.05) is 0 Å². The standard InChI is InChI=1S/C18H6F8/c19-10-6-5-9(12(20)13(10)21)7-1-3-8(4-2-7)11-14(22)16(24)18(26)17(25)15(11)23/h1-6H. The minimum absolute atomic E-state index is 0.00835. The van der Waals surface area contributed by atoms with Gasteiger partial charge in [-0.25, -0.2) is 35.1 Å². The average molecular weight is 374 g/mol. The second kappa shape index (κ2) is 6.44. The predicted molar refractivity (Wildman–Crippen MR) is 77.0 cm³/mol. The molecule has 26 heavy (non-hydrogen) atoms. The van der Waals surface area contributed by atoms with Crippen molar-refractivity contribution < 1.29 is 35.1 Å². The quantitative estimate of drug-likeness (QED) is 0.287. The molecule has 0 saturated carbocycles. The van der Waals surface area contributed by atoms with Crippen molar-refractivity contribution in [1.82, 2.24) is 0 Å². The van der Waals surface area contributed by atoms with Crippen LogP contribution < -0.4 is 0 Å². The van der Waals surface area contributed by atoms with Gasteiger partial charge in [0.05, 0.1) is 5.56 Å². The summed E-state index contributed by atoms with van der Waals surface area (Å²) in [5.41, 5.74) is -1.86. The number of halogens is 8. The fraction of sp³-hybridized carbons (Fsp3) is 0. The van der Waals surface area contributed by atoms with Crippen molar-refractivity contribution in [3.05, 3.63) is 82.9 Å². The Morgan fingerprint density at radius 2 is 0.846 bits per heavy atom. The molecule has 0 aliphatic heterocycles. The fourth-order valence-electron chi connectivity index (χ4n) is 2.42. The third-order valence-corrected chi connectivity index (χ3v) is 3.73. The first kappa shape index (κ1) is 17.9. The third kappa shape index (κ3) is 2.71. The van der Waals surface area contributed by atoms with Gasteiger partial charge in [-0.1, -0.05) is 24.3 Å². The second-order valence-electron chi connectivity index (χ2n) is 5.25. The maximum absolute atomic E-state index is 13.8. The molecule has 0 fully saturated rings. The van der Waals surface area contributed by atoms with Crippen molar-refractivity contribution in [1.29, 1.82) is 0 Å².